The highest BCUT2D eigenvalue weighted by Crippen LogP contribution is 2.28. The van der Waals surface area contributed by atoms with E-state index in [0.29, 0.717) is 24.6 Å². The standard InChI is InChI=1S/C46H54N8O12S2/c1-45(2,29-63-41(59)31-9-5-15-47-25-31)37(65-43(61)33-11-7-17-49-27-33)39(57)53-19-13-35(55)51-21-23-67-68-24-22-52-36(56)14-20-54-40(58)38(66-44(62)34-12-8-18-50-28-34)46(3,4)30-64-42(60)32-10-6-16-48-26-32/h5-12,15-18,25-28,37-38H,13-14,19-24,29-30H2,1-4H3,(H,51,55)(H,52,56)(H,53,57)(H,54,58)/t37-,38-/m0/s1. The Morgan fingerprint density at radius 2 is 0.809 bits per heavy atom. The molecule has 0 unspecified atom stereocenters. The lowest BCUT2D eigenvalue weighted by Gasteiger charge is -2.32. The minimum atomic E-state index is -1.41. The van der Waals surface area contributed by atoms with Crippen molar-refractivity contribution in [1.29, 1.82) is 0 Å². The van der Waals surface area contributed by atoms with Crippen LogP contribution in [0.1, 0.15) is 82.0 Å². The monoisotopic (exact) mass is 974 g/mol. The normalized spacial score (nSPS) is 12.0. The fourth-order valence-corrected chi connectivity index (χ4v) is 7.60. The van der Waals surface area contributed by atoms with E-state index in [1.165, 1.54) is 95.4 Å². The van der Waals surface area contributed by atoms with E-state index in [2.05, 4.69) is 41.2 Å². The molecule has 68 heavy (non-hydrogen) atoms. The van der Waals surface area contributed by atoms with Gasteiger partial charge in [-0.1, -0.05) is 49.3 Å². The maximum Gasteiger partial charge on any atom is 0.340 e. The van der Waals surface area contributed by atoms with Crippen LogP contribution < -0.4 is 21.3 Å². The highest BCUT2D eigenvalue weighted by atomic mass is 33.1. The van der Waals surface area contributed by atoms with Crippen molar-refractivity contribution in [3.8, 4) is 0 Å². The van der Waals surface area contributed by atoms with Gasteiger partial charge in [0, 0.05) is 111 Å². The molecule has 0 aliphatic carbocycles. The van der Waals surface area contributed by atoms with Gasteiger partial charge in [-0.05, 0) is 48.5 Å². The summed E-state index contributed by atoms with van der Waals surface area (Å²) in [6, 6.07) is 12.3. The Bertz CT molecular complexity index is 2140. The van der Waals surface area contributed by atoms with Crippen molar-refractivity contribution in [3.05, 3.63) is 120 Å². The van der Waals surface area contributed by atoms with E-state index in [0.717, 1.165) is 0 Å². The summed E-state index contributed by atoms with van der Waals surface area (Å²) in [4.78, 5) is 119. The molecule has 0 saturated heterocycles. The topological polar surface area (TPSA) is 273 Å². The quantitative estimate of drug-likeness (QED) is 0.0288. The zero-order chi connectivity index (χ0) is 49.4. The third kappa shape index (κ3) is 18.4. The van der Waals surface area contributed by atoms with Crippen LogP contribution >= 0.6 is 21.6 Å². The van der Waals surface area contributed by atoms with Crippen molar-refractivity contribution in [1.82, 2.24) is 41.2 Å². The van der Waals surface area contributed by atoms with Crippen LogP contribution in [-0.4, -0.2) is 131 Å². The fraction of sp³-hybridized carbons (Fsp3) is 0.391. The number of pyridine rings is 4. The smallest absolute Gasteiger partial charge is 0.340 e. The zero-order valence-corrected chi connectivity index (χ0v) is 39.6. The van der Waals surface area contributed by atoms with Gasteiger partial charge >= 0.3 is 23.9 Å². The molecule has 20 nitrogen and oxygen atoms in total. The van der Waals surface area contributed by atoms with E-state index in [-0.39, 0.29) is 73.2 Å². The first-order valence-electron chi connectivity index (χ1n) is 21.3. The van der Waals surface area contributed by atoms with E-state index in [1.54, 1.807) is 52.0 Å². The van der Waals surface area contributed by atoms with Gasteiger partial charge in [-0.2, -0.15) is 0 Å². The van der Waals surface area contributed by atoms with Crippen LogP contribution in [0, 0.1) is 10.8 Å². The van der Waals surface area contributed by atoms with Gasteiger partial charge in [-0.15, -0.1) is 0 Å². The lowest BCUT2D eigenvalue weighted by Crippen LogP contribution is -2.49. The maximum atomic E-state index is 13.4. The molecule has 4 N–H and O–H groups in total. The molecule has 0 bridgehead atoms. The van der Waals surface area contributed by atoms with Gasteiger partial charge in [0.1, 0.15) is 13.2 Å². The summed E-state index contributed by atoms with van der Waals surface area (Å²) in [5.41, 5.74) is -1.73. The molecule has 4 heterocycles. The fourth-order valence-electron chi connectivity index (χ4n) is 5.78. The third-order valence-corrected chi connectivity index (χ3v) is 11.9. The average Bonchev–Trinajstić information content (AvgIpc) is 3.34. The minimum absolute atomic E-state index is 0.0625. The number of hydrogen-bond donors (Lipinski definition) is 4. The summed E-state index contributed by atoms with van der Waals surface area (Å²) >= 11 is 0. The van der Waals surface area contributed by atoms with Gasteiger partial charge in [0.25, 0.3) is 11.8 Å². The number of nitrogens with one attached hydrogen (secondary N) is 4. The number of carbonyl (C=O) groups is 8. The molecule has 0 aromatic carbocycles. The molecule has 22 heteroatoms. The van der Waals surface area contributed by atoms with E-state index < -0.39 is 58.7 Å². The van der Waals surface area contributed by atoms with Gasteiger partial charge in [0.15, 0.2) is 12.2 Å². The maximum absolute atomic E-state index is 13.4. The minimum Gasteiger partial charge on any atom is -0.461 e. The van der Waals surface area contributed by atoms with Crippen LogP contribution in [0.4, 0.5) is 0 Å². The van der Waals surface area contributed by atoms with E-state index >= 15 is 0 Å². The molecule has 0 fully saturated rings. The van der Waals surface area contributed by atoms with Crippen molar-refractivity contribution >= 4 is 69.1 Å². The molecule has 4 rings (SSSR count). The predicted molar refractivity (Wildman–Crippen MR) is 250 cm³/mol. The van der Waals surface area contributed by atoms with Crippen LogP contribution in [0.3, 0.4) is 0 Å². The number of aromatic nitrogens is 4. The molecule has 0 radical (unpaired) electrons. The predicted octanol–water partition coefficient (Wildman–Crippen LogP) is 3.41. The first-order chi connectivity index (χ1) is 32.6. The lowest BCUT2D eigenvalue weighted by atomic mass is 9.86. The SMILES string of the molecule is CC(C)(COC(=O)c1cccnc1)[C@@H](OC(=O)c1cccnc1)C(=O)NCCC(=O)NCCSSCCNC(=O)CCNC(=O)[C@H](OC(=O)c1cccnc1)C(C)(C)COC(=O)c1cccnc1. The van der Waals surface area contributed by atoms with E-state index in [9.17, 15) is 38.4 Å². The number of hydrogen-bond acceptors (Lipinski definition) is 18. The van der Waals surface area contributed by atoms with Crippen molar-refractivity contribution < 1.29 is 57.3 Å². The van der Waals surface area contributed by atoms with Crippen LogP contribution in [0.25, 0.3) is 0 Å². The number of carbonyl (C=O) groups excluding carboxylic acids is 8. The molecule has 0 spiro atoms. The largest absolute Gasteiger partial charge is 0.461 e. The highest BCUT2D eigenvalue weighted by Gasteiger charge is 2.41. The number of amides is 4. The molecular formula is C46H54N8O12S2. The molecule has 4 aromatic rings. The lowest BCUT2D eigenvalue weighted by molar-refractivity contribution is -0.139. The van der Waals surface area contributed by atoms with E-state index in [1.807, 2.05) is 0 Å². The second kappa shape index (κ2) is 27.6. The van der Waals surface area contributed by atoms with Gasteiger partial charge in [0.05, 0.1) is 22.3 Å². The van der Waals surface area contributed by atoms with Crippen molar-refractivity contribution in [2.45, 2.75) is 52.7 Å². The molecule has 4 amide bonds. The van der Waals surface area contributed by atoms with Gasteiger partial charge in [-0.25, -0.2) is 19.2 Å². The van der Waals surface area contributed by atoms with Crippen molar-refractivity contribution in [3.63, 3.8) is 0 Å². The van der Waals surface area contributed by atoms with Gasteiger partial charge in [-0.3, -0.25) is 39.1 Å². The Morgan fingerprint density at radius 1 is 0.485 bits per heavy atom. The number of nitrogens with zero attached hydrogens (tertiary/aromatic N) is 4. The highest BCUT2D eigenvalue weighted by molar-refractivity contribution is 8.76. The van der Waals surface area contributed by atoms with Gasteiger partial charge < -0.3 is 40.2 Å². The summed E-state index contributed by atoms with van der Waals surface area (Å²) in [5, 5.41) is 10.8. The second-order valence-electron chi connectivity index (χ2n) is 16.1. The van der Waals surface area contributed by atoms with Crippen LogP contribution in [0.2, 0.25) is 0 Å². The zero-order valence-electron chi connectivity index (χ0n) is 38.0. The van der Waals surface area contributed by atoms with Crippen LogP contribution in [0.5, 0.6) is 0 Å². The van der Waals surface area contributed by atoms with Crippen molar-refractivity contribution in [2.75, 3.05) is 50.9 Å². The third-order valence-electron chi connectivity index (χ3n) is 9.49. The van der Waals surface area contributed by atoms with E-state index in [4.69, 9.17) is 18.9 Å². The molecular weight excluding hydrogens is 921 g/mol. The molecule has 0 aliphatic heterocycles. The van der Waals surface area contributed by atoms with Gasteiger partial charge in [0.2, 0.25) is 11.8 Å². The summed E-state index contributed by atoms with van der Waals surface area (Å²) < 4.78 is 22.1. The Morgan fingerprint density at radius 3 is 1.12 bits per heavy atom. The molecule has 2 atom stereocenters. The molecule has 0 saturated carbocycles. The Kier molecular flexibility index (Phi) is 21.8. The second-order valence-corrected chi connectivity index (χ2v) is 18.8. The Balaban J connectivity index is 1.12. The van der Waals surface area contributed by atoms with Crippen LogP contribution in [0.15, 0.2) is 98.1 Å². The summed E-state index contributed by atoms with van der Waals surface area (Å²) in [7, 11) is 2.96. The Labute approximate surface area is 401 Å². The van der Waals surface area contributed by atoms with Crippen molar-refractivity contribution in [2.24, 2.45) is 10.8 Å². The number of ether oxygens (including phenoxy) is 4. The summed E-state index contributed by atoms with van der Waals surface area (Å²) in [5.74, 6) is -3.88. The first-order valence-corrected chi connectivity index (χ1v) is 23.8. The number of rotatable bonds is 27. The number of esters is 4. The molecule has 0 aliphatic rings. The molecule has 4 aromatic heterocycles. The summed E-state index contributed by atoms with van der Waals surface area (Å²) in [6.45, 7) is 6.38. The Hall–Kier alpha value is -6.94. The first kappa shape index (κ1) is 53.7. The van der Waals surface area contributed by atoms with Crippen LogP contribution in [-0.2, 0) is 38.1 Å². The molecule has 362 valence electrons. The summed E-state index contributed by atoms with van der Waals surface area (Å²) in [6.07, 6.45) is 8.31. The average molecular weight is 975 g/mol.